The molecule has 0 fully saturated rings. The predicted octanol–water partition coefficient (Wildman–Crippen LogP) is 0.807. The van der Waals surface area contributed by atoms with Crippen LogP contribution in [0.1, 0.15) is 20.3 Å². The van der Waals surface area contributed by atoms with E-state index in [0.29, 0.717) is 12.3 Å². The van der Waals surface area contributed by atoms with Crippen LogP contribution in [-0.2, 0) is 14.3 Å². The zero-order valence-electron chi connectivity index (χ0n) is 8.83. The second-order valence-electron chi connectivity index (χ2n) is 3.07. The molecule has 4 nitrogen and oxygen atoms in total. The lowest BCUT2D eigenvalue weighted by Gasteiger charge is -2.08. The van der Waals surface area contributed by atoms with Gasteiger partial charge in [-0.2, -0.15) is 11.8 Å². The number of hydrogen-bond donors (Lipinski definition) is 1. The van der Waals surface area contributed by atoms with E-state index in [2.05, 4.69) is 5.32 Å². The molecule has 0 bridgehead atoms. The van der Waals surface area contributed by atoms with E-state index in [1.807, 2.05) is 6.26 Å². The molecule has 0 aliphatic carbocycles. The van der Waals surface area contributed by atoms with Crippen LogP contribution >= 0.6 is 11.8 Å². The van der Waals surface area contributed by atoms with Gasteiger partial charge in [0.05, 0.1) is 18.3 Å². The second-order valence-corrected chi connectivity index (χ2v) is 3.94. The molecule has 0 atom stereocenters. The molecule has 0 rings (SSSR count). The summed E-state index contributed by atoms with van der Waals surface area (Å²) in [7, 11) is 0. The first-order chi connectivity index (χ1) is 6.56. The predicted molar refractivity (Wildman–Crippen MR) is 57.2 cm³/mol. The van der Waals surface area contributed by atoms with E-state index in [4.69, 9.17) is 4.74 Å². The Morgan fingerprint density at radius 1 is 1.43 bits per heavy atom. The van der Waals surface area contributed by atoms with Crippen LogP contribution in [0.4, 0.5) is 0 Å². The zero-order valence-corrected chi connectivity index (χ0v) is 9.65. The van der Waals surface area contributed by atoms with Crippen molar-refractivity contribution in [1.29, 1.82) is 0 Å². The number of carbonyl (C=O) groups excluding carboxylic acids is 2. The van der Waals surface area contributed by atoms with Crippen LogP contribution in [0.25, 0.3) is 0 Å². The maximum atomic E-state index is 11.0. The molecule has 0 saturated carbocycles. The summed E-state index contributed by atoms with van der Waals surface area (Å²) in [5, 5.41) is 2.63. The van der Waals surface area contributed by atoms with Crippen molar-refractivity contribution in [3.05, 3.63) is 0 Å². The third-order valence-electron chi connectivity index (χ3n) is 1.29. The Morgan fingerprint density at radius 3 is 2.57 bits per heavy atom. The molecule has 0 aromatic heterocycles. The Kier molecular flexibility index (Phi) is 7.28. The summed E-state index contributed by atoms with van der Waals surface area (Å²) in [6, 6.07) is 0. The van der Waals surface area contributed by atoms with E-state index in [-0.39, 0.29) is 24.4 Å². The molecule has 0 aromatic carbocycles. The Hall–Kier alpha value is -0.710. The summed E-state index contributed by atoms with van der Waals surface area (Å²) >= 11 is 1.45. The lowest BCUT2D eigenvalue weighted by molar-refractivity contribution is -0.147. The molecule has 0 heterocycles. The average Bonchev–Trinajstić information content (AvgIpc) is 2.02. The Morgan fingerprint density at radius 2 is 2.07 bits per heavy atom. The highest BCUT2D eigenvalue weighted by molar-refractivity contribution is 7.99. The molecular weight excluding hydrogens is 202 g/mol. The lowest BCUT2D eigenvalue weighted by Crippen LogP contribution is -2.28. The van der Waals surface area contributed by atoms with E-state index in [1.165, 1.54) is 11.8 Å². The van der Waals surface area contributed by atoms with Gasteiger partial charge in [-0.3, -0.25) is 9.59 Å². The van der Waals surface area contributed by atoms with Crippen molar-refractivity contribution in [3.63, 3.8) is 0 Å². The molecule has 0 spiro atoms. The molecule has 0 aliphatic rings. The number of rotatable bonds is 6. The normalized spacial score (nSPS) is 10.0. The van der Waals surface area contributed by atoms with E-state index < -0.39 is 0 Å². The van der Waals surface area contributed by atoms with Crippen molar-refractivity contribution in [2.45, 2.75) is 26.4 Å². The lowest BCUT2D eigenvalue weighted by atomic mass is 10.4. The summed E-state index contributed by atoms with van der Waals surface area (Å²) in [6.07, 6.45) is 2.00. The third kappa shape index (κ3) is 7.91. The molecule has 1 amide bonds. The zero-order chi connectivity index (χ0) is 11.0. The molecule has 0 aromatic rings. The van der Waals surface area contributed by atoms with Crippen molar-refractivity contribution in [2.24, 2.45) is 0 Å². The second kappa shape index (κ2) is 7.67. The van der Waals surface area contributed by atoms with E-state index in [0.717, 1.165) is 0 Å². The van der Waals surface area contributed by atoms with Gasteiger partial charge in [0.15, 0.2) is 0 Å². The fraction of sp³-hybridized carbons (Fsp3) is 0.778. The number of nitrogens with one attached hydrogen (secondary N) is 1. The van der Waals surface area contributed by atoms with Crippen LogP contribution < -0.4 is 5.32 Å². The molecule has 5 heteroatoms. The van der Waals surface area contributed by atoms with Gasteiger partial charge in [-0.1, -0.05) is 0 Å². The van der Waals surface area contributed by atoms with Crippen molar-refractivity contribution in [1.82, 2.24) is 5.32 Å². The fourth-order valence-corrected chi connectivity index (χ4v) is 1.17. The molecule has 1 N–H and O–H groups in total. The number of carbonyl (C=O) groups is 2. The van der Waals surface area contributed by atoms with Gasteiger partial charge in [0, 0.05) is 6.54 Å². The standard InChI is InChI=1S/C9H17NO3S/c1-7(2)13-9(12)4-5-10-8(11)6-14-3/h7H,4-6H2,1-3H3,(H,10,11). The highest BCUT2D eigenvalue weighted by Gasteiger charge is 2.05. The van der Waals surface area contributed by atoms with Crippen molar-refractivity contribution < 1.29 is 14.3 Å². The first-order valence-electron chi connectivity index (χ1n) is 4.51. The van der Waals surface area contributed by atoms with Gasteiger partial charge in [0.1, 0.15) is 0 Å². The van der Waals surface area contributed by atoms with Crippen molar-refractivity contribution in [2.75, 3.05) is 18.6 Å². The molecule has 82 valence electrons. The van der Waals surface area contributed by atoms with Crippen LogP contribution in [0.3, 0.4) is 0 Å². The number of thioether (sulfide) groups is 1. The largest absolute Gasteiger partial charge is 0.463 e. The van der Waals surface area contributed by atoms with Gasteiger partial charge in [-0.25, -0.2) is 0 Å². The molecule has 0 radical (unpaired) electrons. The van der Waals surface area contributed by atoms with Crippen LogP contribution in [0.5, 0.6) is 0 Å². The van der Waals surface area contributed by atoms with E-state index >= 15 is 0 Å². The summed E-state index contributed by atoms with van der Waals surface area (Å²) in [4.78, 5) is 22.0. The van der Waals surface area contributed by atoms with Gasteiger partial charge >= 0.3 is 5.97 Å². The molecule has 0 aliphatic heterocycles. The first-order valence-corrected chi connectivity index (χ1v) is 5.90. The maximum Gasteiger partial charge on any atom is 0.307 e. The van der Waals surface area contributed by atoms with Gasteiger partial charge in [0.25, 0.3) is 0 Å². The Labute approximate surface area is 88.8 Å². The van der Waals surface area contributed by atoms with Gasteiger partial charge in [0.2, 0.25) is 5.91 Å². The number of ether oxygens (including phenoxy) is 1. The molecule has 0 unspecified atom stereocenters. The first kappa shape index (κ1) is 13.3. The van der Waals surface area contributed by atoms with Crippen LogP contribution in [0.15, 0.2) is 0 Å². The third-order valence-corrected chi connectivity index (χ3v) is 1.84. The number of esters is 1. The Bertz CT molecular complexity index is 194. The number of amides is 1. The minimum atomic E-state index is -0.274. The fourth-order valence-electron chi connectivity index (χ4n) is 0.808. The molecular formula is C9H17NO3S. The summed E-state index contributed by atoms with van der Waals surface area (Å²) in [6.45, 7) is 3.94. The van der Waals surface area contributed by atoms with Crippen LogP contribution in [0.2, 0.25) is 0 Å². The van der Waals surface area contributed by atoms with Gasteiger partial charge < -0.3 is 10.1 Å². The minimum absolute atomic E-state index is 0.0464. The molecule has 14 heavy (non-hydrogen) atoms. The SMILES string of the molecule is CSCC(=O)NCCC(=O)OC(C)C. The minimum Gasteiger partial charge on any atom is -0.463 e. The van der Waals surface area contributed by atoms with E-state index in [1.54, 1.807) is 13.8 Å². The Balaban J connectivity index is 3.44. The average molecular weight is 219 g/mol. The van der Waals surface area contributed by atoms with Crippen molar-refractivity contribution >= 4 is 23.6 Å². The summed E-state index contributed by atoms with van der Waals surface area (Å²) in [5.41, 5.74) is 0. The van der Waals surface area contributed by atoms with Crippen molar-refractivity contribution in [3.8, 4) is 0 Å². The monoisotopic (exact) mass is 219 g/mol. The van der Waals surface area contributed by atoms with E-state index in [9.17, 15) is 9.59 Å². The van der Waals surface area contributed by atoms with Crippen LogP contribution in [0, 0.1) is 0 Å². The van der Waals surface area contributed by atoms with Gasteiger partial charge in [-0.05, 0) is 20.1 Å². The maximum absolute atomic E-state index is 11.0. The topological polar surface area (TPSA) is 55.4 Å². The highest BCUT2D eigenvalue weighted by atomic mass is 32.2. The quantitative estimate of drug-likeness (QED) is 0.672. The smallest absolute Gasteiger partial charge is 0.307 e. The highest BCUT2D eigenvalue weighted by Crippen LogP contribution is 1.93. The molecule has 0 saturated heterocycles. The van der Waals surface area contributed by atoms with Gasteiger partial charge in [-0.15, -0.1) is 0 Å². The summed E-state index contributed by atoms with van der Waals surface area (Å²) < 4.78 is 4.90. The van der Waals surface area contributed by atoms with Crippen LogP contribution in [-0.4, -0.2) is 36.5 Å². The number of hydrogen-bond acceptors (Lipinski definition) is 4. The summed E-state index contributed by atoms with van der Waals surface area (Å²) in [5.74, 6) is 0.110.